The molecule has 1 fully saturated rings. The third-order valence-electron chi connectivity index (χ3n) is 5.57. The molecule has 0 bridgehead atoms. The normalized spacial score (nSPS) is 16.5. The number of hydrogen-bond donors (Lipinski definition) is 1. The predicted molar refractivity (Wildman–Crippen MR) is 119 cm³/mol. The summed E-state index contributed by atoms with van der Waals surface area (Å²) in [4.78, 5) is 41.5. The zero-order valence-electron chi connectivity index (χ0n) is 16.6. The highest BCUT2D eigenvalue weighted by Gasteiger charge is 2.28. The number of nitrogen functional groups attached to an aromatic ring is 1. The van der Waals surface area contributed by atoms with Gasteiger partial charge in [-0.2, -0.15) is 0 Å². The van der Waals surface area contributed by atoms with Gasteiger partial charge in [0.05, 0.1) is 11.4 Å². The van der Waals surface area contributed by atoms with E-state index in [-0.39, 0.29) is 28.9 Å². The second kappa shape index (κ2) is 7.92. The average molecular weight is 433 g/mol. The van der Waals surface area contributed by atoms with Gasteiger partial charge >= 0.3 is 0 Å². The first kappa shape index (κ1) is 19.4. The molecule has 1 unspecified atom stereocenters. The van der Waals surface area contributed by atoms with Gasteiger partial charge in [-0.1, -0.05) is 30.3 Å². The van der Waals surface area contributed by atoms with Crippen molar-refractivity contribution in [3.8, 4) is 11.3 Å². The van der Waals surface area contributed by atoms with Crippen LogP contribution in [-0.2, 0) is 0 Å². The zero-order chi connectivity index (χ0) is 21.4. The first-order valence-corrected chi connectivity index (χ1v) is 10.9. The van der Waals surface area contributed by atoms with E-state index in [2.05, 4.69) is 15.0 Å². The molecule has 0 saturated carbocycles. The van der Waals surface area contributed by atoms with Crippen LogP contribution in [-0.4, -0.2) is 43.2 Å². The van der Waals surface area contributed by atoms with E-state index in [0.717, 1.165) is 29.8 Å². The predicted octanol–water partition coefficient (Wildman–Crippen LogP) is 2.82. The maximum Gasteiger partial charge on any atom is 0.271 e. The second-order valence-electron chi connectivity index (χ2n) is 7.51. The number of nitrogens with two attached hydrogens (primary N) is 1. The lowest BCUT2D eigenvalue weighted by Crippen LogP contribution is -2.41. The molecule has 0 spiro atoms. The van der Waals surface area contributed by atoms with Crippen LogP contribution in [0, 0.1) is 0 Å². The van der Waals surface area contributed by atoms with Crippen molar-refractivity contribution in [3.05, 3.63) is 75.8 Å². The Morgan fingerprint density at radius 1 is 1.16 bits per heavy atom. The summed E-state index contributed by atoms with van der Waals surface area (Å²) in [6.45, 7) is 1.07. The van der Waals surface area contributed by atoms with Crippen molar-refractivity contribution in [2.75, 3.05) is 18.8 Å². The van der Waals surface area contributed by atoms with Crippen LogP contribution < -0.4 is 11.3 Å². The van der Waals surface area contributed by atoms with E-state index in [1.54, 1.807) is 11.1 Å². The molecule has 1 saturated heterocycles. The number of hydrogen-bond acceptors (Lipinski definition) is 7. The van der Waals surface area contributed by atoms with Crippen molar-refractivity contribution in [1.29, 1.82) is 0 Å². The number of fused-ring (bicyclic) bond motifs is 1. The molecule has 0 radical (unpaired) electrons. The van der Waals surface area contributed by atoms with Crippen LogP contribution in [0.25, 0.3) is 16.2 Å². The van der Waals surface area contributed by atoms with Crippen molar-refractivity contribution in [1.82, 2.24) is 24.3 Å². The molecule has 4 aromatic rings. The highest BCUT2D eigenvalue weighted by Crippen LogP contribution is 2.27. The standard InChI is InChI=1S/C22H20N6O2S/c23-21-24-9-8-17(26-21)15-7-4-10-27(12-15)19(29)16-11-25-22-28(20(16)30)18(13-31-22)14-5-2-1-3-6-14/h1-3,5-6,8-9,11,13,15H,4,7,10,12H2,(H2,23,24,26). The third kappa shape index (κ3) is 3.57. The fourth-order valence-electron chi connectivity index (χ4n) is 4.04. The summed E-state index contributed by atoms with van der Waals surface area (Å²) in [6, 6.07) is 11.5. The first-order valence-electron chi connectivity index (χ1n) is 10.0. The quantitative estimate of drug-likeness (QED) is 0.534. The topological polar surface area (TPSA) is 106 Å². The van der Waals surface area contributed by atoms with E-state index in [4.69, 9.17) is 5.73 Å². The maximum atomic E-state index is 13.3. The monoisotopic (exact) mass is 432 g/mol. The maximum absolute atomic E-state index is 13.3. The van der Waals surface area contributed by atoms with Gasteiger partial charge < -0.3 is 10.6 Å². The molecule has 4 heterocycles. The van der Waals surface area contributed by atoms with Crippen molar-refractivity contribution >= 4 is 28.2 Å². The summed E-state index contributed by atoms with van der Waals surface area (Å²) in [5.41, 5.74) is 7.92. The number of thiazole rings is 1. The number of likely N-dealkylation sites (tertiary alicyclic amines) is 1. The summed E-state index contributed by atoms with van der Waals surface area (Å²) >= 11 is 1.38. The lowest BCUT2D eigenvalue weighted by atomic mass is 9.94. The van der Waals surface area contributed by atoms with Gasteiger partial charge in [-0.05, 0) is 24.5 Å². The SMILES string of the molecule is Nc1nccc(C2CCCN(C(=O)c3cnc4scc(-c5ccccc5)n4c3=O)C2)n1. The highest BCUT2D eigenvalue weighted by atomic mass is 32.1. The Kier molecular flexibility index (Phi) is 4.95. The van der Waals surface area contributed by atoms with Crippen LogP contribution in [0.3, 0.4) is 0 Å². The van der Waals surface area contributed by atoms with Gasteiger partial charge in [-0.15, -0.1) is 11.3 Å². The fourth-order valence-corrected chi connectivity index (χ4v) is 4.90. The molecule has 31 heavy (non-hydrogen) atoms. The Bertz CT molecular complexity index is 1320. The molecule has 3 aromatic heterocycles. The molecule has 2 N–H and O–H groups in total. The second-order valence-corrected chi connectivity index (χ2v) is 8.35. The minimum atomic E-state index is -0.344. The molecular formula is C22H20N6O2S. The summed E-state index contributed by atoms with van der Waals surface area (Å²) < 4.78 is 1.53. The van der Waals surface area contributed by atoms with Gasteiger partial charge in [0.15, 0.2) is 4.96 Å². The smallest absolute Gasteiger partial charge is 0.271 e. The number of anilines is 1. The van der Waals surface area contributed by atoms with E-state index < -0.39 is 0 Å². The Labute approximate surface area is 182 Å². The Hall–Kier alpha value is -3.59. The zero-order valence-corrected chi connectivity index (χ0v) is 17.5. The fraction of sp³-hybridized carbons (Fsp3) is 0.227. The first-order chi connectivity index (χ1) is 15.1. The summed E-state index contributed by atoms with van der Waals surface area (Å²) in [5.74, 6) is -0.0212. The Morgan fingerprint density at radius 2 is 2.00 bits per heavy atom. The number of amides is 1. The van der Waals surface area contributed by atoms with E-state index >= 15 is 0 Å². The molecule has 0 aliphatic carbocycles. The highest BCUT2D eigenvalue weighted by molar-refractivity contribution is 7.15. The molecule has 156 valence electrons. The summed E-state index contributed by atoms with van der Waals surface area (Å²) in [5, 5.41) is 1.89. The minimum absolute atomic E-state index is 0.0588. The molecule has 1 aliphatic heterocycles. The number of benzene rings is 1. The van der Waals surface area contributed by atoms with Crippen molar-refractivity contribution in [3.63, 3.8) is 0 Å². The Morgan fingerprint density at radius 3 is 2.81 bits per heavy atom. The van der Waals surface area contributed by atoms with Crippen LogP contribution >= 0.6 is 11.3 Å². The largest absolute Gasteiger partial charge is 0.368 e. The van der Waals surface area contributed by atoms with Crippen LogP contribution in [0.5, 0.6) is 0 Å². The lowest BCUT2D eigenvalue weighted by Gasteiger charge is -2.32. The lowest BCUT2D eigenvalue weighted by molar-refractivity contribution is 0.0703. The van der Waals surface area contributed by atoms with Gasteiger partial charge in [-0.25, -0.2) is 15.0 Å². The number of carbonyl (C=O) groups excluding carboxylic acids is 1. The number of aromatic nitrogens is 4. The molecule has 1 aromatic carbocycles. The van der Waals surface area contributed by atoms with Gasteiger partial charge in [0, 0.05) is 36.8 Å². The number of nitrogens with zero attached hydrogens (tertiary/aromatic N) is 5. The molecule has 9 heteroatoms. The molecule has 8 nitrogen and oxygen atoms in total. The van der Waals surface area contributed by atoms with Crippen LogP contribution in [0.1, 0.15) is 34.8 Å². The molecule has 5 rings (SSSR count). The van der Waals surface area contributed by atoms with Gasteiger partial charge in [0.1, 0.15) is 5.56 Å². The van der Waals surface area contributed by atoms with Crippen LogP contribution in [0.4, 0.5) is 5.95 Å². The van der Waals surface area contributed by atoms with E-state index in [1.165, 1.54) is 21.9 Å². The number of rotatable bonds is 3. The Balaban J connectivity index is 1.48. The van der Waals surface area contributed by atoms with E-state index in [1.807, 2.05) is 41.8 Å². The average Bonchev–Trinajstić information content (AvgIpc) is 3.25. The van der Waals surface area contributed by atoms with Gasteiger partial charge in [0.2, 0.25) is 5.95 Å². The van der Waals surface area contributed by atoms with Gasteiger partial charge in [-0.3, -0.25) is 14.0 Å². The summed E-state index contributed by atoms with van der Waals surface area (Å²) in [6.07, 6.45) is 4.76. The molecule has 1 atom stereocenters. The van der Waals surface area contributed by atoms with Crippen molar-refractivity contribution in [2.45, 2.75) is 18.8 Å². The van der Waals surface area contributed by atoms with Crippen molar-refractivity contribution < 1.29 is 4.79 Å². The van der Waals surface area contributed by atoms with E-state index in [0.29, 0.717) is 18.1 Å². The number of piperidine rings is 1. The number of carbonyl (C=O) groups is 1. The molecule has 1 amide bonds. The summed E-state index contributed by atoms with van der Waals surface area (Å²) in [7, 11) is 0. The molecular weight excluding hydrogens is 412 g/mol. The van der Waals surface area contributed by atoms with Crippen LogP contribution in [0.15, 0.2) is 59.0 Å². The van der Waals surface area contributed by atoms with E-state index in [9.17, 15) is 9.59 Å². The van der Waals surface area contributed by atoms with Crippen LogP contribution in [0.2, 0.25) is 0 Å². The molecule has 1 aliphatic rings. The van der Waals surface area contributed by atoms with Crippen molar-refractivity contribution in [2.24, 2.45) is 0 Å². The third-order valence-corrected chi connectivity index (χ3v) is 6.41. The van der Waals surface area contributed by atoms with Gasteiger partial charge in [0.25, 0.3) is 11.5 Å². The minimum Gasteiger partial charge on any atom is -0.368 e.